The number of hydrogen-bond acceptors (Lipinski definition) is 6. The molecule has 1 saturated heterocycles. The number of aromatic nitrogens is 2. The number of carbonyl (C=O) groups is 1. The highest BCUT2D eigenvalue weighted by atomic mass is 19.1. The van der Waals surface area contributed by atoms with Gasteiger partial charge in [-0.1, -0.05) is 12.1 Å². The topological polar surface area (TPSA) is 70.6 Å². The van der Waals surface area contributed by atoms with Gasteiger partial charge in [-0.15, -0.1) is 0 Å². The van der Waals surface area contributed by atoms with Gasteiger partial charge in [0.25, 0.3) is 5.91 Å². The number of para-hydroxylation sites is 1. The number of piperazine rings is 1. The third-order valence-electron chi connectivity index (χ3n) is 4.44. The molecule has 0 spiro atoms. The zero-order valence-electron chi connectivity index (χ0n) is 15.4. The fourth-order valence-corrected chi connectivity index (χ4v) is 3.00. The number of hydrogen-bond donors (Lipinski definition) is 1. The van der Waals surface area contributed by atoms with Gasteiger partial charge in [0.1, 0.15) is 11.5 Å². The second-order valence-electron chi connectivity index (χ2n) is 6.27. The summed E-state index contributed by atoms with van der Waals surface area (Å²) in [6, 6.07) is 8.33. The first kappa shape index (κ1) is 19.0. The summed E-state index contributed by atoms with van der Waals surface area (Å²) in [5.74, 6) is 0.0599. The molecule has 144 valence electrons. The Hall–Kier alpha value is -2.74. The van der Waals surface area contributed by atoms with Crippen molar-refractivity contribution in [3.05, 3.63) is 48.0 Å². The number of methoxy groups -OCH3 is 1. The van der Waals surface area contributed by atoms with Gasteiger partial charge in [-0.3, -0.25) is 4.79 Å². The summed E-state index contributed by atoms with van der Waals surface area (Å²) < 4.78 is 18.9. The van der Waals surface area contributed by atoms with E-state index in [2.05, 4.69) is 15.3 Å². The molecule has 1 aromatic carbocycles. The van der Waals surface area contributed by atoms with Crippen LogP contribution >= 0.6 is 0 Å². The van der Waals surface area contributed by atoms with Crippen molar-refractivity contribution in [3.8, 4) is 0 Å². The molecule has 0 aliphatic carbocycles. The lowest BCUT2D eigenvalue weighted by Crippen LogP contribution is -2.49. The predicted molar refractivity (Wildman–Crippen MR) is 102 cm³/mol. The molecule has 1 aliphatic heterocycles. The summed E-state index contributed by atoms with van der Waals surface area (Å²) in [4.78, 5) is 24.9. The Bertz CT molecular complexity index is 765. The van der Waals surface area contributed by atoms with Crippen LogP contribution in [0.3, 0.4) is 0 Å². The Morgan fingerprint density at radius 2 is 2.00 bits per heavy atom. The summed E-state index contributed by atoms with van der Waals surface area (Å²) >= 11 is 0. The Kier molecular flexibility index (Phi) is 6.54. The van der Waals surface area contributed by atoms with Gasteiger partial charge < -0.3 is 19.9 Å². The van der Waals surface area contributed by atoms with Gasteiger partial charge in [-0.2, -0.15) is 0 Å². The van der Waals surface area contributed by atoms with Crippen LogP contribution in [0.5, 0.6) is 0 Å². The zero-order chi connectivity index (χ0) is 19.1. The molecule has 3 rings (SSSR count). The molecule has 7 nitrogen and oxygen atoms in total. The van der Waals surface area contributed by atoms with Crippen molar-refractivity contribution in [2.24, 2.45) is 0 Å². The molecule has 1 aliphatic rings. The third kappa shape index (κ3) is 4.91. The molecule has 1 fully saturated rings. The predicted octanol–water partition coefficient (Wildman–Crippen LogP) is 2.03. The zero-order valence-corrected chi connectivity index (χ0v) is 15.4. The van der Waals surface area contributed by atoms with Crippen LogP contribution in [-0.4, -0.2) is 67.2 Å². The second kappa shape index (κ2) is 9.27. The van der Waals surface area contributed by atoms with Crippen molar-refractivity contribution >= 4 is 17.5 Å². The summed E-state index contributed by atoms with van der Waals surface area (Å²) in [6.45, 7) is 3.53. The molecule has 1 N–H and O–H groups in total. The van der Waals surface area contributed by atoms with Crippen LogP contribution in [0.1, 0.15) is 16.9 Å². The van der Waals surface area contributed by atoms with E-state index in [0.29, 0.717) is 56.7 Å². The fourth-order valence-electron chi connectivity index (χ4n) is 3.00. The highest BCUT2D eigenvalue weighted by Crippen LogP contribution is 2.20. The molecular weight excluding hydrogens is 349 g/mol. The molecule has 2 heterocycles. The molecule has 0 bridgehead atoms. The normalized spacial score (nSPS) is 14.3. The molecule has 8 heteroatoms. The highest BCUT2D eigenvalue weighted by molar-refractivity contribution is 5.92. The van der Waals surface area contributed by atoms with Crippen LogP contribution in [-0.2, 0) is 4.74 Å². The molecular formula is C19H24FN5O2. The number of carbonyl (C=O) groups excluding carboxylic acids is 1. The van der Waals surface area contributed by atoms with Crippen molar-refractivity contribution < 1.29 is 13.9 Å². The Labute approximate surface area is 158 Å². The number of rotatable bonds is 7. The van der Waals surface area contributed by atoms with E-state index in [0.717, 1.165) is 6.42 Å². The maximum atomic E-state index is 13.9. The minimum atomic E-state index is -0.239. The van der Waals surface area contributed by atoms with Crippen LogP contribution in [0.15, 0.2) is 36.5 Å². The number of halogens is 1. The van der Waals surface area contributed by atoms with E-state index >= 15 is 0 Å². The minimum absolute atomic E-state index is 0.134. The summed E-state index contributed by atoms with van der Waals surface area (Å²) in [5.41, 5.74) is 0.938. The Morgan fingerprint density at radius 3 is 2.74 bits per heavy atom. The van der Waals surface area contributed by atoms with E-state index in [1.807, 2.05) is 11.0 Å². The van der Waals surface area contributed by atoms with Gasteiger partial charge in [-0.05, 0) is 24.6 Å². The average Bonchev–Trinajstić information content (AvgIpc) is 2.71. The van der Waals surface area contributed by atoms with Crippen molar-refractivity contribution in [2.75, 3.05) is 56.7 Å². The molecule has 27 heavy (non-hydrogen) atoms. The molecule has 0 radical (unpaired) electrons. The quantitative estimate of drug-likeness (QED) is 0.749. The van der Waals surface area contributed by atoms with Gasteiger partial charge in [0.15, 0.2) is 0 Å². The Morgan fingerprint density at radius 1 is 1.22 bits per heavy atom. The monoisotopic (exact) mass is 373 g/mol. The highest BCUT2D eigenvalue weighted by Gasteiger charge is 2.24. The molecule has 1 amide bonds. The molecule has 0 saturated carbocycles. The molecule has 2 aromatic rings. The van der Waals surface area contributed by atoms with Gasteiger partial charge in [0.05, 0.1) is 5.69 Å². The van der Waals surface area contributed by atoms with Crippen LogP contribution in [0, 0.1) is 5.82 Å². The van der Waals surface area contributed by atoms with Gasteiger partial charge in [0, 0.05) is 52.6 Å². The second-order valence-corrected chi connectivity index (χ2v) is 6.27. The first-order chi connectivity index (χ1) is 13.2. The van der Waals surface area contributed by atoms with E-state index in [1.54, 1.807) is 36.4 Å². The van der Waals surface area contributed by atoms with Crippen LogP contribution < -0.4 is 10.2 Å². The fraction of sp³-hybridized carbons (Fsp3) is 0.421. The lowest BCUT2D eigenvalue weighted by molar-refractivity contribution is 0.0740. The van der Waals surface area contributed by atoms with Gasteiger partial charge in [-0.25, -0.2) is 14.4 Å². The van der Waals surface area contributed by atoms with Crippen LogP contribution in [0.2, 0.25) is 0 Å². The largest absolute Gasteiger partial charge is 0.385 e. The molecule has 0 atom stereocenters. The number of nitrogens with zero attached hydrogens (tertiary/aromatic N) is 4. The lowest BCUT2D eigenvalue weighted by Gasteiger charge is -2.36. The first-order valence-corrected chi connectivity index (χ1v) is 9.03. The Balaban J connectivity index is 1.57. The summed E-state index contributed by atoms with van der Waals surface area (Å²) in [7, 11) is 1.65. The first-order valence-electron chi connectivity index (χ1n) is 9.03. The van der Waals surface area contributed by atoms with Crippen molar-refractivity contribution in [1.29, 1.82) is 0 Å². The third-order valence-corrected chi connectivity index (χ3v) is 4.44. The van der Waals surface area contributed by atoms with E-state index in [9.17, 15) is 9.18 Å². The van der Waals surface area contributed by atoms with Crippen LogP contribution in [0.25, 0.3) is 0 Å². The lowest BCUT2D eigenvalue weighted by atomic mass is 10.2. The number of benzene rings is 1. The maximum absolute atomic E-state index is 13.9. The van der Waals surface area contributed by atoms with E-state index in [4.69, 9.17) is 4.74 Å². The van der Waals surface area contributed by atoms with Gasteiger partial charge >= 0.3 is 0 Å². The number of anilines is 2. The van der Waals surface area contributed by atoms with E-state index in [-0.39, 0.29) is 11.7 Å². The number of ether oxygens (including phenoxy) is 1. The summed E-state index contributed by atoms with van der Waals surface area (Å²) in [5, 5.41) is 3.09. The van der Waals surface area contributed by atoms with E-state index in [1.165, 1.54) is 6.07 Å². The average molecular weight is 373 g/mol. The van der Waals surface area contributed by atoms with Crippen LogP contribution in [0.4, 0.5) is 16.0 Å². The SMILES string of the molecule is COCCCNc1nccc(C(=O)N2CCN(c3ccccc3F)CC2)n1. The standard InChI is InChI=1S/C19H24FN5O2/c1-27-14-4-8-21-19-22-9-7-16(23-19)18(26)25-12-10-24(11-13-25)17-6-3-2-5-15(17)20/h2-3,5-7,9H,4,8,10-14H2,1H3,(H,21,22,23). The van der Waals surface area contributed by atoms with Crippen molar-refractivity contribution in [2.45, 2.75) is 6.42 Å². The minimum Gasteiger partial charge on any atom is -0.385 e. The number of amides is 1. The smallest absolute Gasteiger partial charge is 0.272 e. The maximum Gasteiger partial charge on any atom is 0.272 e. The molecule has 1 aromatic heterocycles. The van der Waals surface area contributed by atoms with Gasteiger partial charge in [0.2, 0.25) is 5.95 Å². The number of nitrogens with one attached hydrogen (secondary N) is 1. The van der Waals surface area contributed by atoms with Crippen molar-refractivity contribution in [1.82, 2.24) is 14.9 Å². The van der Waals surface area contributed by atoms with E-state index < -0.39 is 0 Å². The molecule has 0 unspecified atom stereocenters. The summed E-state index contributed by atoms with van der Waals surface area (Å²) in [6.07, 6.45) is 2.41. The van der Waals surface area contributed by atoms with Crippen molar-refractivity contribution in [3.63, 3.8) is 0 Å².